The molecule has 1 fully saturated rings. The number of amides is 1. The Hall–Kier alpha value is -2.10. The number of aromatic nitrogens is 2. The lowest BCUT2D eigenvalue weighted by atomic mass is 9.63. The van der Waals surface area contributed by atoms with Gasteiger partial charge in [-0.1, -0.05) is 42.7 Å². The summed E-state index contributed by atoms with van der Waals surface area (Å²) in [6.07, 6.45) is 6.78. The van der Waals surface area contributed by atoms with Crippen molar-refractivity contribution in [2.75, 3.05) is 6.54 Å². The van der Waals surface area contributed by atoms with E-state index in [2.05, 4.69) is 49.4 Å². The van der Waals surface area contributed by atoms with E-state index in [1.807, 2.05) is 16.9 Å². The smallest absolute Gasteiger partial charge is 0.230 e. The van der Waals surface area contributed by atoms with E-state index in [4.69, 9.17) is 0 Å². The van der Waals surface area contributed by atoms with Crippen LogP contribution in [0.25, 0.3) is 0 Å². The predicted octanol–water partition coefficient (Wildman–Crippen LogP) is 3.37. The van der Waals surface area contributed by atoms with E-state index >= 15 is 0 Å². The van der Waals surface area contributed by atoms with Gasteiger partial charge in [0, 0.05) is 25.5 Å². The van der Waals surface area contributed by atoms with Crippen LogP contribution in [-0.2, 0) is 16.8 Å². The molecule has 4 nitrogen and oxygen atoms in total. The largest absolute Gasteiger partial charge is 0.355 e. The molecular weight excluding hydrogens is 298 g/mol. The van der Waals surface area contributed by atoms with Crippen molar-refractivity contribution in [3.8, 4) is 0 Å². The highest BCUT2D eigenvalue weighted by molar-refractivity contribution is 5.89. The third-order valence-corrected chi connectivity index (χ3v) is 5.09. The van der Waals surface area contributed by atoms with Crippen LogP contribution in [0.3, 0.4) is 0 Å². The lowest BCUT2D eigenvalue weighted by Crippen LogP contribution is -2.50. The Bertz CT molecular complexity index is 681. The molecule has 0 saturated heterocycles. The van der Waals surface area contributed by atoms with E-state index in [1.54, 1.807) is 6.20 Å². The minimum atomic E-state index is -0.317. The Balaban J connectivity index is 1.65. The molecule has 1 atom stereocenters. The highest BCUT2D eigenvalue weighted by Gasteiger charge is 2.45. The molecule has 0 bridgehead atoms. The Kier molecular flexibility index (Phi) is 4.74. The van der Waals surface area contributed by atoms with Crippen molar-refractivity contribution in [2.24, 2.45) is 5.92 Å². The highest BCUT2D eigenvalue weighted by Crippen LogP contribution is 2.44. The van der Waals surface area contributed by atoms with E-state index in [1.165, 1.54) is 16.7 Å². The second kappa shape index (κ2) is 6.80. The molecule has 1 heterocycles. The van der Waals surface area contributed by atoms with Crippen LogP contribution in [0.2, 0.25) is 0 Å². The van der Waals surface area contributed by atoms with Crippen LogP contribution < -0.4 is 5.32 Å². The van der Waals surface area contributed by atoms with E-state index in [0.717, 1.165) is 25.8 Å². The predicted molar refractivity (Wildman–Crippen MR) is 95.8 cm³/mol. The first-order chi connectivity index (χ1) is 11.5. The average molecular weight is 325 g/mol. The van der Waals surface area contributed by atoms with Crippen LogP contribution in [0.5, 0.6) is 0 Å². The topological polar surface area (TPSA) is 46.9 Å². The molecule has 1 aliphatic carbocycles. The third-order valence-electron chi connectivity index (χ3n) is 5.09. The molecule has 3 rings (SSSR count). The van der Waals surface area contributed by atoms with E-state index in [-0.39, 0.29) is 11.3 Å². The zero-order chi connectivity index (χ0) is 17.2. The number of hydrogen-bond acceptors (Lipinski definition) is 2. The maximum absolute atomic E-state index is 12.9. The fourth-order valence-corrected chi connectivity index (χ4v) is 3.66. The normalized spacial score (nSPS) is 17.1. The SMILES string of the molecule is Cc1cc(C)cc(C2(C(=O)NCC(C)Cn3cccn3)CCC2)c1. The van der Waals surface area contributed by atoms with Gasteiger partial charge in [-0.05, 0) is 44.2 Å². The molecule has 0 radical (unpaired) electrons. The Morgan fingerprint density at radius 1 is 1.29 bits per heavy atom. The molecule has 0 aliphatic heterocycles. The van der Waals surface area contributed by atoms with Gasteiger partial charge in [0.15, 0.2) is 0 Å². The number of nitrogens with zero attached hydrogens (tertiary/aromatic N) is 2. The number of aryl methyl sites for hydroxylation is 2. The molecule has 2 aromatic rings. The quantitative estimate of drug-likeness (QED) is 0.885. The first kappa shape index (κ1) is 16.7. The van der Waals surface area contributed by atoms with Gasteiger partial charge in [-0.3, -0.25) is 9.48 Å². The number of carbonyl (C=O) groups excluding carboxylic acids is 1. The molecule has 1 N–H and O–H groups in total. The van der Waals surface area contributed by atoms with Gasteiger partial charge in [0.1, 0.15) is 0 Å². The fourth-order valence-electron chi connectivity index (χ4n) is 3.66. The van der Waals surface area contributed by atoms with Crippen molar-refractivity contribution in [3.05, 3.63) is 53.3 Å². The van der Waals surface area contributed by atoms with Crippen LogP contribution in [-0.4, -0.2) is 22.2 Å². The van der Waals surface area contributed by atoms with Crippen molar-refractivity contribution in [1.29, 1.82) is 0 Å². The molecule has 0 spiro atoms. The molecule has 1 aromatic heterocycles. The molecule has 1 unspecified atom stereocenters. The van der Waals surface area contributed by atoms with E-state index in [9.17, 15) is 4.79 Å². The summed E-state index contributed by atoms with van der Waals surface area (Å²) in [5.41, 5.74) is 3.33. The summed E-state index contributed by atoms with van der Waals surface area (Å²) in [6, 6.07) is 8.45. The van der Waals surface area contributed by atoms with Crippen molar-refractivity contribution in [1.82, 2.24) is 15.1 Å². The maximum atomic E-state index is 12.9. The van der Waals surface area contributed by atoms with Crippen LogP contribution in [0.15, 0.2) is 36.7 Å². The van der Waals surface area contributed by atoms with Gasteiger partial charge >= 0.3 is 0 Å². The van der Waals surface area contributed by atoms with Crippen LogP contribution in [0.4, 0.5) is 0 Å². The Labute approximate surface area is 144 Å². The van der Waals surface area contributed by atoms with Gasteiger partial charge in [-0.2, -0.15) is 5.10 Å². The maximum Gasteiger partial charge on any atom is 0.230 e. The third kappa shape index (κ3) is 3.37. The summed E-state index contributed by atoms with van der Waals surface area (Å²) >= 11 is 0. The Morgan fingerprint density at radius 3 is 2.54 bits per heavy atom. The summed E-state index contributed by atoms with van der Waals surface area (Å²) in [5, 5.41) is 7.43. The lowest BCUT2D eigenvalue weighted by molar-refractivity contribution is -0.130. The molecule has 1 saturated carbocycles. The number of rotatable bonds is 6. The number of carbonyl (C=O) groups is 1. The van der Waals surface area contributed by atoms with Crippen molar-refractivity contribution in [3.63, 3.8) is 0 Å². The molecular formula is C20H27N3O. The van der Waals surface area contributed by atoms with Gasteiger partial charge in [-0.15, -0.1) is 0 Å². The van der Waals surface area contributed by atoms with Crippen molar-refractivity contribution < 1.29 is 4.79 Å². The second-order valence-electron chi connectivity index (χ2n) is 7.36. The van der Waals surface area contributed by atoms with Gasteiger partial charge in [0.25, 0.3) is 0 Å². The summed E-state index contributed by atoms with van der Waals surface area (Å²) in [5.74, 6) is 0.538. The zero-order valence-corrected chi connectivity index (χ0v) is 14.9. The molecule has 1 amide bonds. The molecule has 1 aliphatic rings. The summed E-state index contributed by atoms with van der Waals surface area (Å²) < 4.78 is 1.92. The van der Waals surface area contributed by atoms with Crippen molar-refractivity contribution in [2.45, 2.75) is 52.0 Å². The second-order valence-corrected chi connectivity index (χ2v) is 7.36. The number of hydrogen-bond donors (Lipinski definition) is 1. The van der Waals surface area contributed by atoms with Gasteiger partial charge in [0.05, 0.1) is 5.41 Å². The summed E-state index contributed by atoms with van der Waals surface area (Å²) in [6.45, 7) is 7.86. The molecule has 128 valence electrons. The van der Waals surface area contributed by atoms with Crippen LogP contribution in [0.1, 0.15) is 42.9 Å². The molecule has 4 heteroatoms. The first-order valence-corrected chi connectivity index (χ1v) is 8.84. The molecule has 1 aromatic carbocycles. The summed E-state index contributed by atoms with van der Waals surface area (Å²) in [7, 11) is 0. The Morgan fingerprint density at radius 2 is 2.00 bits per heavy atom. The van der Waals surface area contributed by atoms with E-state index < -0.39 is 0 Å². The fraction of sp³-hybridized carbons (Fsp3) is 0.500. The van der Waals surface area contributed by atoms with Gasteiger partial charge < -0.3 is 5.32 Å². The number of nitrogens with one attached hydrogen (secondary N) is 1. The van der Waals surface area contributed by atoms with E-state index in [0.29, 0.717) is 12.5 Å². The van der Waals surface area contributed by atoms with Crippen LogP contribution >= 0.6 is 0 Å². The number of benzene rings is 1. The monoisotopic (exact) mass is 325 g/mol. The standard InChI is InChI=1S/C20H27N3O/c1-15-10-16(2)12-18(11-15)20(6-4-7-20)19(24)21-13-17(3)14-23-9-5-8-22-23/h5,8-12,17H,4,6-7,13-14H2,1-3H3,(H,21,24). The van der Waals surface area contributed by atoms with Crippen molar-refractivity contribution >= 4 is 5.91 Å². The van der Waals surface area contributed by atoms with Crippen LogP contribution in [0, 0.1) is 19.8 Å². The first-order valence-electron chi connectivity index (χ1n) is 8.84. The lowest BCUT2D eigenvalue weighted by Gasteiger charge is -2.41. The average Bonchev–Trinajstić information content (AvgIpc) is 2.96. The van der Waals surface area contributed by atoms with Gasteiger partial charge in [-0.25, -0.2) is 0 Å². The molecule has 24 heavy (non-hydrogen) atoms. The van der Waals surface area contributed by atoms with Gasteiger partial charge in [0.2, 0.25) is 5.91 Å². The minimum Gasteiger partial charge on any atom is -0.355 e. The summed E-state index contributed by atoms with van der Waals surface area (Å²) in [4.78, 5) is 12.9. The highest BCUT2D eigenvalue weighted by atomic mass is 16.2. The minimum absolute atomic E-state index is 0.186. The zero-order valence-electron chi connectivity index (χ0n) is 14.9.